The lowest BCUT2D eigenvalue weighted by atomic mass is 10.0. The Bertz CT molecular complexity index is 280. The Labute approximate surface area is 86.1 Å². The van der Waals surface area contributed by atoms with Crippen LogP contribution in [0.25, 0.3) is 0 Å². The van der Waals surface area contributed by atoms with E-state index in [1.165, 1.54) is 11.1 Å². The molecule has 2 nitrogen and oxygen atoms in total. The molecule has 1 rings (SSSR count). The van der Waals surface area contributed by atoms with E-state index in [4.69, 9.17) is 0 Å². The van der Waals surface area contributed by atoms with E-state index in [2.05, 4.69) is 29.9 Å². The molecule has 0 bridgehead atoms. The van der Waals surface area contributed by atoms with Gasteiger partial charge in [0.25, 0.3) is 0 Å². The van der Waals surface area contributed by atoms with Crippen LogP contribution in [-0.2, 0) is 6.42 Å². The topological polar surface area (TPSA) is 24.9 Å². The predicted octanol–water partition coefficient (Wildman–Crippen LogP) is 2.18. The molecule has 1 aromatic heterocycles. The number of aromatic nitrogens is 1. The number of rotatable bonds is 5. The Hall–Kier alpha value is -1.15. The van der Waals surface area contributed by atoms with Gasteiger partial charge in [-0.1, -0.05) is 18.2 Å². The SMILES string of the molecule is C=C(C)C(CCc1cccnc1)NC. The lowest BCUT2D eigenvalue weighted by Gasteiger charge is -2.15. The average molecular weight is 190 g/mol. The Kier molecular flexibility index (Phi) is 4.33. The summed E-state index contributed by atoms with van der Waals surface area (Å²) in [6.07, 6.45) is 5.85. The number of hydrogen-bond acceptors (Lipinski definition) is 2. The first kappa shape index (κ1) is 10.9. The highest BCUT2D eigenvalue weighted by Crippen LogP contribution is 2.08. The standard InChI is InChI=1S/C12H18N2/c1-10(2)12(13-3)7-6-11-5-4-8-14-9-11/h4-5,8-9,12-13H,1,6-7H2,2-3H3. The third-order valence-electron chi connectivity index (χ3n) is 2.39. The number of nitrogens with one attached hydrogen (secondary N) is 1. The third-order valence-corrected chi connectivity index (χ3v) is 2.39. The van der Waals surface area contributed by atoms with Crippen LogP contribution in [0.5, 0.6) is 0 Å². The van der Waals surface area contributed by atoms with Crippen molar-refractivity contribution in [2.75, 3.05) is 7.05 Å². The molecule has 14 heavy (non-hydrogen) atoms. The smallest absolute Gasteiger partial charge is 0.0299 e. The molecular weight excluding hydrogens is 172 g/mol. The summed E-state index contributed by atoms with van der Waals surface area (Å²) in [5.74, 6) is 0. The van der Waals surface area contributed by atoms with Crippen molar-refractivity contribution in [1.82, 2.24) is 10.3 Å². The molecule has 0 amide bonds. The fourth-order valence-electron chi connectivity index (χ4n) is 1.49. The Morgan fingerprint density at radius 3 is 2.93 bits per heavy atom. The summed E-state index contributed by atoms with van der Waals surface area (Å²) in [6, 6.07) is 4.50. The minimum atomic E-state index is 0.412. The maximum atomic E-state index is 4.09. The molecule has 1 N–H and O–H groups in total. The van der Waals surface area contributed by atoms with Crippen molar-refractivity contribution in [3.05, 3.63) is 42.2 Å². The Morgan fingerprint density at radius 2 is 2.43 bits per heavy atom. The maximum Gasteiger partial charge on any atom is 0.0299 e. The van der Waals surface area contributed by atoms with Crippen molar-refractivity contribution in [1.29, 1.82) is 0 Å². The van der Waals surface area contributed by atoms with Crippen LogP contribution in [0.2, 0.25) is 0 Å². The number of pyridine rings is 1. The van der Waals surface area contributed by atoms with E-state index in [1.54, 1.807) is 6.20 Å². The van der Waals surface area contributed by atoms with E-state index in [0.717, 1.165) is 12.8 Å². The summed E-state index contributed by atoms with van der Waals surface area (Å²) in [4.78, 5) is 4.09. The molecule has 0 spiro atoms. The summed E-state index contributed by atoms with van der Waals surface area (Å²) >= 11 is 0. The van der Waals surface area contributed by atoms with Gasteiger partial charge in [0.1, 0.15) is 0 Å². The van der Waals surface area contributed by atoms with Crippen LogP contribution >= 0.6 is 0 Å². The first-order valence-electron chi connectivity index (χ1n) is 4.95. The molecule has 1 unspecified atom stereocenters. The molecule has 0 aliphatic heterocycles. The van der Waals surface area contributed by atoms with E-state index in [1.807, 2.05) is 19.3 Å². The van der Waals surface area contributed by atoms with Crippen LogP contribution in [0.1, 0.15) is 18.9 Å². The van der Waals surface area contributed by atoms with Gasteiger partial charge in [-0.2, -0.15) is 0 Å². The molecule has 0 saturated heterocycles. The first-order chi connectivity index (χ1) is 6.74. The van der Waals surface area contributed by atoms with Gasteiger partial charge in [0.2, 0.25) is 0 Å². The van der Waals surface area contributed by atoms with Gasteiger partial charge < -0.3 is 5.32 Å². The third kappa shape index (κ3) is 3.30. The van der Waals surface area contributed by atoms with Gasteiger partial charge in [0.05, 0.1) is 0 Å². The van der Waals surface area contributed by atoms with E-state index in [0.29, 0.717) is 6.04 Å². The van der Waals surface area contributed by atoms with Gasteiger partial charge in [-0.25, -0.2) is 0 Å². The van der Waals surface area contributed by atoms with Crippen LogP contribution in [0.4, 0.5) is 0 Å². The quantitative estimate of drug-likeness (QED) is 0.720. The van der Waals surface area contributed by atoms with Crippen LogP contribution in [-0.4, -0.2) is 18.1 Å². The van der Waals surface area contributed by atoms with Gasteiger partial charge in [0, 0.05) is 18.4 Å². The molecule has 0 aliphatic rings. The van der Waals surface area contributed by atoms with Crippen molar-refractivity contribution < 1.29 is 0 Å². The van der Waals surface area contributed by atoms with Gasteiger partial charge in [0.15, 0.2) is 0 Å². The molecule has 1 heterocycles. The van der Waals surface area contributed by atoms with Crippen molar-refractivity contribution in [3.8, 4) is 0 Å². The number of likely N-dealkylation sites (N-methyl/N-ethyl adjacent to an activating group) is 1. The van der Waals surface area contributed by atoms with Gasteiger partial charge >= 0.3 is 0 Å². The predicted molar refractivity (Wildman–Crippen MR) is 60.2 cm³/mol. The summed E-state index contributed by atoms with van der Waals surface area (Å²) in [7, 11) is 1.97. The number of hydrogen-bond donors (Lipinski definition) is 1. The molecule has 0 saturated carbocycles. The number of nitrogens with zero attached hydrogens (tertiary/aromatic N) is 1. The van der Waals surface area contributed by atoms with Crippen molar-refractivity contribution in [3.63, 3.8) is 0 Å². The molecule has 0 aliphatic carbocycles. The highest BCUT2D eigenvalue weighted by Gasteiger charge is 2.05. The normalized spacial score (nSPS) is 12.4. The van der Waals surface area contributed by atoms with E-state index < -0.39 is 0 Å². The second-order valence-electron chi connectivity index (χ2n) is 3.59. The van der Waals surface area contributed by atoms with Crippen LogP contribution in [0.3, 0.4) is 0 Å². The fourth-order valence-corrected chi connectivity index (χ4v) is 1.49. The highest BCUT2D eigenvalue weighted by molar-refractivity contribution is 5.10. The lowest BCUT2D eigenvalue weighted by molar-refractivity contribution is 0.588. The second-order valence-corrected chi connectivity index (χ2v) is 3.59. The summed E-state index contributed by atoms with van der Waals surface area (Å²) in [6.45, 7) is 6.02. The van der Waals surface area contributed by atoms with E-state index in [9.17, 15) is 0 Å². The van der Waals surface area contributed by atoms with E-state index in [-0.39, 0.29) is 0 Å². The molecule has 76 valence electrons. The van der Waals surface area contributed by atoms with Crippen molar-refractivity contribution >= 4 is 0 Å². The zero-order valence-corrected chi connectivity index (χ0v) is 8.96. The van der Waals surface area contributed by atoms with Gasteiger partial charge in [-0.15, -0.1) is 0 Å². The minimum absolute atomic E-state index is 0.412. The van der Waals surface area contributed by atoms with Gasteiger partial charge in [-0.05, 0) is 38.4 Å². The molecule has 0 aromatic carbocycles. The molecule has 0 radical (unpaired) electrons. The molecule has 1 atom stereocenters. The monoisotopic (exact) mass is 190 g/mol. The maximum absolute atomic E-state index is 4.09. The number of aryl methyl sites for hydroxylation is 1. The first-order valence-corrected chi connectivity index (χ1v) is 4.95. The minimum Gasteiger partial charge on any atom is -0.313 e. The second kappa shape index (κ2) is 5.55. The molecule has 1 aromatic rings. The summed E-state index contributed by atoms with van der Waals surface area (Å²) in [5, 5.41) is 3.25. The summed E-state index contributed by atoms with van der Waals surface area (Å²) < 4.78 is 0. The molecular formula is C12H18N2. The largest absolute Gasteiger partial charge is 0.313 e. The van der Waals surface area contributed by atoms with Crippen LogP contribution in [0, 0.1) is 0 Å². The Balaban J connectivity index is 2.44. The summed E-state index contributed by atoms with van der Waals surface area (Å²) in [5.41, 5.74) is 2.48. The molecule has 2 heteroatoms. The fraction of sp³-hybridized carbons (Fsp3) is 0.417. The van der Waals surface area contributed by atoms with E-state index >= 15 is 0 Å². The zero-order chi connectivity index (χ0) is 10.4. The van der Waals surface area contributed by atoms with Crippen LogP contribution in [0.15, 0.2) is 36.7 Å². The van der Waals surface area contributed by atoms with Crippen molar-refractivity contribution in [2.24, 2.45) is 0 Å². The average Bonchev–Trinajstić information content (AvgIpc) is 2.20. The zero-order valence-electron chi connectivity index (χ0n) is 8.96. The lowest BCUT2D eigenvalue weighted by Crippen LogP contribution is -2.26. The Morgan fingerprint density at radius 1 is 1.64 bits per heavy atom. The molecule has 0 fully saturated rings. The van der Waals surface area contributed by atoms with Gasteiger partial charge in [-0.3, -0.25) is 4.98 Å². The highest BCUT2D eigenvalue weighted by atomic mass is 14.9. The van der Waals surface area contributed by atoms with Crippen LogP contribution < -0.4 is 5.32 Å². The van der Waals surface area contributed by atoms with Crippen molar-refractivity contribution in [2.45, 2.75) is 25.8 Å².